The van der Waals surface area contributed by atoms with Gasteiger partial charge in [-0.2, -0.15) is 0 Å². The van der Waals surface area contributed by atoms with Gasteiger partial charge in [-0.25, -0.2) is 4.98 Å². The van der Waals surface area contributed by atoms with Gasteiger partial charge in [0.2, 0.25) is 0 Å². The van der Waals surface area contributed by atoms with E-state index < -0.39 is 0 Å². The van der Waals surface area contributed by atoms with E-state index in [-0.39, 0.29) is 12.4 Å². The number of hydrogen-bond donors (Lipinski definition) is 0. The molecule has 1 aromatic heterocycles. The Morgan fingerprint density at radius 2 is 2.16 bits per heavy atom. The molecule has 0 bridgehead atoms. The minimum atomic E-state index is 0. The van der Waals surface area contributed by atoms with Crippen molar-refractivity contribution >= 4 is 39.1 Å². The number of thiazole rings is 1. The third-order valence-corrected chi connectivity index (χ3v) is 4.02. The van der Waals surface area contributed by atoms with E-state index >= 15 is 0 Å². The molecule has 6 heteroatoms. The number of rotatable bonds is 3. The minimum Gasteiger partial charge on any atom is -0.494 e. The molecule has 0 spiro atoms. The normalized spacial score (nSPS) is 15.3. The number of aromatic nitrogens is 1. The largest absolute Gasteiger partial charge is 0.494 e. The van der Waals surface area contributed by atoms with Gasteiger partial charge in [-0.05, 0) is 25.1 Å². The van der Waals surface area contributed by atoms with Gasteiger partial charge >= 0.3 is 0 Å². The highest BCUT2D eigenvalue weighted by molar-refractivity contribution is 7.22. The molecule has 3 rings (SSSR count). The Bertz CT molecular complexity index is 540. The van der Waals surface area contributed by atoms with Crippen LogP contribution in [0.1, 0.15) is 6.92 Å². The van der Waals surface area contributed by atoms with Crippen LogP contribution in [0.25, 0.3) is 10.2 Å². The van der Waals surface area contributed by atoms with Crippen molar-refractivity contribution in [3.8, 4) is 5.75 Å². The van der Waals surface area contributed by atoms with Crippen LogP contribution in [0, 0.1) is 0 Å². The molecular formula is C13H17ClN2O2S. The van der Waals surface area contributed by atoms with Crippen LogP contribution in [-0.4, -0.2) is 37.9 Å². The van der Waals surface area contributed by atoms with Crippen LogP contribution in [0.3, 0.4) is 0 Å². The number of nitrogens with zero attached hydrogens (tertiary/aromatic N) is 2. The Morgan fingerprint density at radius 1 is 1.37 bits per heavy atom. The number of benzene rings is 1. The summed E-state index contributed by atoms with van der Waals surface area (Å²) < 4.78 is 12.1. The van der Waals surface area contributed by atoms with Gasteiger partial charge in [-0.15, -0.1) is 12.4 Å². The van der Waals surface area contributed by atoms with E-state index in [1.54, 1.807) is 11.3 Å². The van der Waals surface area contributed by atoms with Crippen molar-refractivity contribution in [3.05, 3.63) is 18.2 Å². The second-order valence-corrected chi connectivity index (χ2v) is 5.17. The monoisotopic (exact) mass is 300 g/mol. The highest BCUT2D eigenvalue weighted by Crippen LogP contribution is 2.31. The number of ether oxygens (including phenoxy) is 2. The molecule has 0 radical (unpaired) electrons. The summed E-state index contributed by atoms with van der Waals surface area (Å²) in [6, 6.07) is 6.08. The summed E-state index contributed by atoms with van der Waals surface area (Å²) in [6.07, 6.45) is 0. The second kappa shape index (κ2) is 6.41. The number of anilines is 1. The van der Waals surface area contributed by atoms with Gasteiger partial charge in [0.05, 0.1) is 30.0 Å². The first-order valence-corrected chi connectivity index (χ1v) is 7.04. The van der Waals surface area contributed by atoms with Crippen LogP contribution in [-0.2, 0) is 4.74 Å². The number of fused-ring (bicyclic) bond motifs is 1. The van der Waals surface area contributed by atoms with Crippen molar-refractivity contribution in [1.82, 2.24) is 4.98 Å². The number of morpholine rings is 1. The summed E-state index contributed by atoms with van der Waals surface area (Å²) >= 11 is 1.72. The molecule has 0 N–H and O–H groups in total. The van der Waals surface area contributed by atoms with E-state index in [4.69, 9.17) is 9.47 Å². The summed E-state index contributed by atoms with van der Waals surface area (Å²) in [5.41, 5.74) is 1.05. The second-order valence-electron chi connectivity index (χ2n) is 4.16. The maximum atomic E-state index is 5.51. The Morgan fingerprint density at radius 3 is 2.89 bits per heavy atom. The standard InChI is InChI=1S/C13H16N2O2S.ClH/c1-2-17-10-3-4-11-12(9-10)18-13(14-11)15-5-7-16-8-6-15;/h3-4,9H,2,5-8H2,1H3;1H. The molecule has 19 heavy (non-hydrogen) atoms. The SMILES string of the molecule is CCOc1ccc2nc(N3CCOCC3)sc2c1.Cl. The lowest BCUT2D eigenvalue weighted by atomic mass is 10.3. The zero-order chi connectivity index (χ0) is 12.4. The van der Waals surface area contributed by atoms with Gasteiger partial charge in [0.15, 0.2) is 5.13 Å². The molecule has 1 aromatic carbocycles. The van der Waals surface area contributed by atoms with Gasteiger partial charge in [0.25, 0.3) is 0 Å². The molecule has 2 heterocycles. The molecular weight excluding hydrogens is 284 g/mol. The molecule has 0 amide bonds. The summed E-state index contributed by atoms with van der Waals surface area (Å²) in [6.45, 7) is 6.13. The highest BCUT2D eigenvalue weighted by Gasteiger charge is 2.15. The van der Waals surface area contributed by atoms with Gasteiger partial charge < -0.3 is 14.4 Å². The summed E-state index contributed by atoms with van der Waals surface area (Å²) in [4.78, 5) is 6.96. The quantitative estimate of drug-likeness (QED) is 0.873. The Labute approximate surface area is 122 Å². The van der Waals surface area contributed by atoms with Gasteiger partial charge in [0, 0.05) is 13.1 Å². The van der Waals surface area contributed by atoms with Crippen LogP contribution in [0.2, 0.25) is 0 Å². The fourth-order valence-corrected chi connectivity index (χ4v) is 3.08. The first-order chi connectivity index (χ1) is 8.86. The third-order valence-electron chi connectivity index (χ3n) is 2.94. The van der Waals surface area contributed by atoms with E-state index in [2.05, 4.69) is 16.0 Å². The molecule has 0 aliphatic carbocycles. The van der Waals surface area contributed by atoms with Crippen molar-refractivity contribution in [2.45, 2.75) is 6.92 Å². The van der Waals surface area contributed by atoms with E-state index in [9.17, 15) is 0 Å². The highest BCUT2D eigenvalue weighted by atomic mass is 35.5. The molecule has 104 valence electrons. The summed E-state index contributed by atoms with van der Waals surface area (Å²) in [7, 11) is 0. The van der Waals surface area contributed by atoms with Crippen molar-refractivity contribution in [2.24, 2.45) is 0 Å². The minimum absolute atomic E-state index is 0. The zero-order valence-corrected chi connectivity index (χ0v) is 12.4. The van der Waals surface area contributed by atoms with E-state index in [1.807, 2.05) is 19.1 Å². The van der Waals surface area contributed by atoms with Gasteiger partial charge in [0.1, 0.15) is 5.75 Å². The Hall–Kier alpha value is -1.04. The summed E-state index contributed by atoms with van der Waals surface area (Å²) in [5, 5.41) is 1.09. The number of hydrogen-bond acceptors (Lipinski definition) is 5. The maximum absolute atomic E-state index is 5.51. The lowest BCUT2D eigenvalue weighted by Crippen LogP contribution is -2.36. The maximum Gasteiger partial charge on any atom is 0.186 e. The van der Waals surface area contributed by atoms with Gasteiger partial charge in [-0.3, -0.25) is 0 Å². The van der Waals surface area contributed by atoms with Crippen molar-refractivity contribution < 1.29 is 9.47 Å². The molecule has 2 aromatic rings. The van der Waals surface area contributed by atoms with Crippen LogP contribution >= 0.6 is 23.7 Å². The zero-order valence-electron chi connectivity index (χ0n) is 10.8. The molecule has 0 unspecified atom stereocenters. The predicted molar refractivity (Wildman–Crippen MR) is 81.1 cm³/mol. The fourth-order valence-electron chi connectivity index (χ4n) is 2.04. The van der Waals surface area contributed by atoms with Gasteiger partial charge in [-0.1, -0.05) is 11.3 Å². The van der Waals surface area contributed by atoms with Crippen LogP contribution in [0.15, 0.2) is 18.2 Å². The Balaban J connectivity index is 0.00000133. The lowest BCUT2D eigenvalue weighted by Gasteiger charge is -2.25. The van der Waals surface area contributed by atoms with Crippen molar-refractivity contribution in [2.75, 3.05) is 37.8 Å². The third kappa shape index (κ3) is 3.11. The molecule has 1 saturated heterocycles. The van der Waals surface area contributed by atoms with E-state index in [1.165, 1.54) is 4.70 Å². The van der Waals surface area contributed by atoms with Crippen LogP contribution in [0.5, 0.6) is 5.75 Å². The molecule has 0 saturated carbocycles. The smallest absolute Gasteiger partial charge is 0.186 e. The molecule has 4 nitrogen and oxygen atoms in total. The van der Waals surface area contributed by atoms with E-state index in [0.29, 0.717) is 6.61 Å². The van der Waals surface area contributed by atoms with Crippen LogP contribution in [0.4, 0.5) is 5.13 Å². The summed E-state index contributed by atoms with van der Waals surface area (Å²) in [5.74, 6) is 0.919. The lowest BCUT2D eigenvalue weighted by molar-refractivity contribution is 0.122. The molecule has 0 atom stereocenters. The fraction of sp³-hybridized carbons (Fsp3) is 0.462. The first-order valence-electron chi connectivity index (χ1n) is 6.23. The average Bonchev–Trinajstić information content (AvgIpc) is 2.83. The first kappa shape index (κ1) is 14.4. The molecule has 1 aliphatic rings. The molecule has 1 aliphatic heterocycles. The van der Waals surface area contributed by atoms with Crippen molar-refractivity contribution in [3.63, 3.8) is 0 Å². The Kier molecular flexibility index (Phi) is 4.85. The number of halogens is 1. The predicted octanol–water partition coefficient (Wildman–Crippen LogP) is 2.95. The molecule has 1 fully saturated rings. The topological polar surface area (TPSA) is 34.6 Å². The van der Waals surface area contributed by atoms with Crippen LogP contribution < -0.4 is 9.64 Å². The average molecular weight is 301 g/mol. The van der Waals surface area contributed by atoms with E-state index in [0.717, 1.165) is 42.7 Å². The van der Waals surface area contributed by atoms with Crippen molar-refractivity contribution in [1.29, 1.82) is 0 Å².